The number of nitrogens with one attached hydrogen (secondary N) is 1. The number of nitrogens with zero attached hydrogens (tertiary/aromatic N) is 2. The number of hydrogen-bond donors (Lipinski definition) is 1. The fourth-order valence-corrected chi connectivity index (χ4v) is 2.08. The topological polar surface area (TPSA) is 29.9 Å². The normalized spacial score (nSPS) is 10.8. The van der Waals surface area contributed by atoms with Crippen molar-refractivity contribution in [3.8, 4) is 0 Å². The van der Waals surface area contributed by atoms with Gasteiger partial charge in [0.2, 0.25) is 0 Å². The summed E-state index contributed by atoms with van der Waals surface area (Å²) in [4.78, 5) is 0. The SMILES string of the molecule is CCC(CC)Nc1ccccc1Cn1cccn1. The highest BCUT2D eigenvalue weighted by atomic mass is 15.3. The van der Waals surface area contributed by atoms with Gasteiger partial charge in [-0.25, -0.2) is 0 Å². The average molecular weight is 243 g/mol. The van der Waals surface area contributed by atoms with E-state index in [2.05, 4.69) is 48.5 Å². The van der Waals surface area contributed by atoms with Crippen LogP contribution in [0.5, 0.6) is 0 Å². The Labute approximate surface area is 109 Å². The molecule has 0 unspecified atom stereocenters. The molecule has 0 bridgehead atoms. The first kappa shape index (κ1) is 12.7. The molecule has 0 aliphatic rings. The Balaban J connectivity index is 2.14. The minimum absolute atomic E-state index is 0.545. The van der Waals surface area contributed by atoms with Gasteiger partial charge in [-0.15, -0.1) is 0 Å². The largest absolute Gasteiger partial charge is 0.382 e. The molecule has 0 saturated heterocycles. The van der Waals surface area contributed by atoms with E-state index in [-0.39, 0.29) is 0 Å². The van der Waals surface area contributed by atoms with E-state index >= 15 is 0 Å². The van der Waals surface area contributed by atoms with Crippen LogP contribution in [0.4, 0.5) is 5.69 Å². The number of para-hydroxylation sites is 1. The summed E-state index contributed by atoms with van der Waals surface area (Å²) >= 11 is 0. The van der Waals surface area contributed by atoms with E-state index in [1.807, 2.05) is 23.1 Å². The van der Waals surface area contributed by atoms with Crippen LogP contribution in [0.2, 0.25) is 0 Å². The molecule has 1 heterocycles. The van der Waals surface area contributed by atoms with Gasteiger partial charge in [-0.05, 0) is 30.5 Å². The lowest BCUT2D eigenvalue weighted by molar-refractivity contribution is 0.661. The molecule has 1 aromatic carbocycles. The first-order valence-electron chi connectivity index (χ1n) is 6.65. The van der Waals surface area contributed by atoms with Crippen molar-refractivity contribution in [3.63, 3.8) is 0 Å². The highest BCUT2D eigenvalue weighted by Gasteiger charge is 2.07. The maximum atomic E-state index is 4.26. The Bertz CT molecular complexity index is 458. The highest BCUT2D eigenvalue weighted by molar-refractivity contribution is 5.51. The Morgan fingerprint density at radius 3 is 2.61 bits per heavy atom. The zero-order valence-corrected chi connectivity index (χ0v) is 11.1. The summed E-state index contributed by atoms with van der Waals surface area (Å²) in [6.07, 6.45) is 6.10. The number of rotatable bonds is 6. The number of anilines is 1. The predicted octanol–water partition coefficient (Wildman–Crippen LogP) is 3.53. The van der Waals surface area contributed by atoms with Gasteiger partial charge in [0.1, 0.15) is 0 Å². The highest BCUT2D eigenvalue weighted by Crippen LogP contribution is 2.18. The van der Waals surface area contributed by atoms with Gasteiger partial charge < -0.3 is 5.32 Å². The van der Waals surface area contributed by atoms with E-state index < -0.39 is 0 Å². The van der Waals surface area contributed by atoms with Gasteiger partial charge in [0, 0.05) is 24.1 Å². The van der Waals surface area contributed by atoms with Crippen LogP contribution in [0.25, 0.3) is 0 Å². The van der Waals surface area contributed by atoms with Crippen LogP contribution in [-0.4, -0.2) is 15.8 Å². The lowest BCUT2D eigenvalue weighted by Gasteiger charge is -2.19. The summed E-state index contributed by atoms with van der Waals surface area (Å²) in [5.74, 6) is 0. The third-order valence-corrected chi connectivity index (χ3v) is 3.25. The smallest absolute Gasteiger partial charge is 0.0679 e. The molecule has 1 aromatic heterocycles. The lowest BCUT2D eigenvalue weighted by atomic mass is 10.1. The van der Waals surface area contributed by atoms with Crippen molar-refractivity contribution < 1.29 is 0 Å². The molecule has 18 heavy (non-hydrogen) atoms. The van der Waals surface area contributed by atoms with Crippen molar-refractivity contribution in [3.05, 3.63) is 48.3 Å². The van der Waals surface area contributed by atoms with Crippen LogP contribution in [0.1, 0.15) is 32.3 Å². The third kappa shape index (κ3) is 3.13. The second kappa shape index (κ2) is 6.24. The minimum atomic E-state index is 0.545. The van der Waals surface area contributed by atoms with Gasteiger partial charge in [0.15, 0.2) is 0 Å². The van der Waals surface area contributed by atoms with Gasteiger partial charge in [0.05, 0.1) is 6.54 Å². The summed E-state index contributed by atoms with van der Waals surface area (Å²) in [6, 6.07) is 11.0. The second-order valence-corrected chi connectivity index (χ2v) is 4.52. The van der Waals surface area contributed by atoms with E-state index in [0.29, 0.717) is 6.04 Å². The fourth-order valence-electron chi connectivity index (χ4n) is 2.08. The third-order valence-electron chi connectivity index (χ3n) is 3.25. The van der Waals surface area contributed by atoms with Crippen LogP contribution in [0, 0.1) is 0 Å². The molecule has 2 aromatic rings. The summed E-state index contributed by atoms with van der Waals surface area (Å²) in [5.41, 5.74) is 2.51. The molecule has 96 valence electrons. The quantitative estimate of drug-likeness (QED) is 0.841. The number of hydrogen-bond acceptors (Lipinski definition) is 2. The summed E-state index contributed by atoms with van der Waals surface area (Å²) in [6.45, 7) is 5.25. The van der Waals surface area contributed by atoms with E-state index in [4.69, 9.17) is 0 Å². The minimum Gasteiger partial charge on any atom is -0.382 e. The van der Waals surface area contributed by atoms with Crippen molar-refractivity contribution in [2.24, 2.45) is 0 Å². The van der Waals surface area contributed by atoms with Crippen LogP contribution in [-0.2, 0) is 6.54 Å². The molecule has 3 heteroatoms. The molecule has 0 aliphatic carbocycles. The Kier molecular flexibility index (Phi) is 4.40. The van der Waals surface area contributed by atoms with Crippen LogP contribution in [0.3, 0.4) is 0 Å². The lowest BCUT2D eigenvalue weighted by Crippen LogP contribution is -2.18. The molecule has 3 nitrogen and oxygen atoms in total. The van der Waals surface area contributed by atoms with Gasteiger partial charge >= 0.3 is 0 Å². The molecule has 0 radical (unpaired) electrons. The number of benzene rings is 1. The molecule has 0 saturated carbocycles. The molecule has 0 aliphatic heterocycles. The maximum Gasteiger partial charge on any atom is 0.0679 e. The van der Waals surface area contributed by atoms with Crippen molar-refractivity contribution in [2.75, 3.05) is 5.32 Å². The van der Waals surface area contributed by atoms with E-state index in [1.54, 1.807) is 0 Å². The van der Waals surface area contributed by atoms with Crippen molar-refractivity contribution in [1.82, 2.24) is 9.78 Å². The Hall–Kier alpha value is -1.77. The second-order valence-electron chi connectivity index (χ2n) is 4.52. The molecule has 0 amide bonds. The molecule has 0 fully saturated rings. The zero-order chi connectivity index (χ0) is 12.8. The van der Waals surface area contributed by atoms with Crippen LogP contribution >= 0.6 is 0 Å². The van der Waals surface area contributed by atoms with E-state index in [0.717, 1.165) is 19.4 Å². The van der Waals surface area contributed by atoms with Crippen molar-refractivity contribution in [2.45, 2.75) is 39.3 Å². The first-order chi connectivity index (χ1) is 8.83. The Morgan fingerprint density at radius 2 is 1.94 bits per heavy atom. The maximum absolute atomic E-state index is 4.26. The van der Waals surface area contributed by atoms with Crippen LogP contribution < -0.4 is 5.32 Å². The van der Waals surface area contributed by atoms with Gasteiger partial charge in [0.25, 0.3) is 0 Å². The van der Waals surface area contributed by atoms with Gasteiger partial charge in [-0.3, -0.25) is 4.68 Å². The molecule has 2 rings (SSSR count). The van der Waals surface area contributed by atoms with E-state index in [9.17, 15) is 0 Å². The van der Waals surface area contributed by atoms with Gasteiger partial charge in [-0.1, -0.05) is 32.0 Å². The summed E-state index contributed by atoms with van der Waals surface area (Å²) in [7, 11) is 0. The zero-order valence-electron chi connectivity index (χ0n) is 11.1. The van der Waals surface area contributed by atoms with Crippen molar-refractivity contribution in [1.29, 1.82) is 0 Å². The summed E-state index contributed by atoms with van der Waals surface area (Å²) < 4.78 is 1.95. The first-order valence-corrected chi connectivity index (χ1v) is 6.65. The fraction of sp³-hybridized carbons (Fsp3) is 0.400. The molecule has 1 N–H and O–H groups in total. The van der Waals surface area contributed by atoms with Crippen molar-refractivity contribution >= 4 is 5.69 Å². The molecular weight excluding hydrogens is 222 g/mol. The number of aromatic nitrogens is 2. The Morgan fingerprint density at radius 1 is 1.17 bits per heavy atom. The predicted molar refractivity (Wildman–Crippen MR) is 75.8 cm³/mol. The standard InChI is InChI=1S/C15H21N3/c1-3-14(4-2)17-15-9-6-5-8-13(15)12-18-11-7-10-16-18/h5-11,14,17H,3-4,12H2,1-2H3. The molecule has 0 atom stereocenters. The van der Waals surface area contributed by atoms with Gasteiger partial charge in [-0.2, -0.15) is 5.10 Å². The van der Waals surface area contributed by atoms with Crippen LogP contribution in [0.15, 0.2) is 42.7 Å². The average Bonchev–Trinajstić information content (AvgIpc) is 2.90. The molecular formula is C15H21N3. The molecule has 0 spiro atoms. The summed E-state index contributed by atoms with van der Waals surface area (Å²) in [5, 5.41) is 7.88. The monoisotopic (exact) mass is 243 g/mol. The van der Waals surface area contributed by atoms with E-state index in [1.165, 1.54) is 11.3 Å².